The van der Waals surface area contributed by atoms with Gasteiger partial charge in [-0.05, 0) is 0 Å². The predicted octanol–water partition coefficient (Wildman–Crippen LogP) is -1.32. The first-order valence-electron chi connectivity index (χ1n) is 8.09. The van der Waals surface area contributed by atoms with E-state index in [-0.39, 0.29) is 0 Å². The maximum atomic E-state index is 10.9. The molecule has 4 N–H and O–H groups in total. The van der Waals surface area contributed by atoms with Gasteiger partial charge in [-0.15, -0.1) is 10.1 Å². The second kappa shape index (κ2) is 6.31. The number of hydrazone groups is 1. The Kier molecular flexibility index (Phi) is 4.31. The van der Waals surface area contributed by atoms with Gasteiger partial charge in [0.2, 0.25) is 11.7 Å². The molecule has 13 heteroatoms. The molecule has 0 saturated carbocycles. The van der Waals surface area contributed by atoms with Crippen LogP contribution in [0, 0.1) is 0 Å². The van der Waals surface area contributed by atoms with Crippen LogP contribution in [0.15, 0.2) is 23.7 Å². The Hall–Kier alpha value is -1.92. The van der Waals surface area contributed by atoms with Gasteiger partial charge < -0.3 is 24.7 Å². The molecule has 0 amide bonds. The molecule has 4 rings (SSSR count). The van der Waals surface area contributed by atoms with E-state index < -0.39 is 39.0 Å². The molecule has 0 aromatic carbocycles. The number of phosphoric ester groups is 1. The van der Waals surface area contributed by atoms with Crippen molar-refractivity contribution in [3.63, 3.8) is 0 Å². The number of phosphoric acid groups is 1. The van der Waals surface area contributed by atoms with Crippen LogP contribution >= 0.6 is 7.82 Å². The van der Waals surface area contributed by atoms with Crippen molar-refractivity contribution in [2.45, 2.75) is 31.5 Å². The molecular formula is C14H19N5O7P+. The van der Waals surface area contributed by atoms with Gasteiger partial charge in [-0.3, -0.25) is 9.53 Å². The normalized spacial score (nSPS) is 28.1. The monoisotopic (exact) mass is 400 g/mol. The Bertz CT molecular complexity index is 972. The molecule has 2 aromatic heterocycles. The van der Waals surface area contributed by atoms with Crippen molar-refractivity contribution < 1.29 is 38.4 Å². The predicted molar refractivity (Wildman–Crippen MR) is 90.8 cm³/mol. The minimum Gasteiger partial charge on any atom is -0.387 e. The van der Waals surface area contributed by atoms with Crippen LogP contribution in [0.1, 0.15) is 13.2 Å². The molecule has 146 valence electrons. The number of aliphatic hydroxyl groups is 2. The quantitative estimate of drug-likeness (QED) is 0.362. The van der Waals surface area contributed by atoms with Crippen LogP contribution in [0.4, 0.5) is 5.69 Å². The lowest BCUT2D eigenvalue weighted by atomic mass is 10.1. The molecule has 12 nitrogen and oxygen atoms in total. The van der Waals surface area contributed by atoms with E-state index in [9.17, 15) is 14.8 Å². The number of aromatic nitrogens is 3. The average Bonchev–Trinajstić information content (AvgIpc) is 3.11. The molecule has 0 aliphatic carbocycles. The average molecular weight is 400 g/mol. The number of ether oxygens (including phenoxy) is 1. The van der Waals surface area contributed by atoms with Gasteiger partial charge in [0.1, 0.15) is 30.2 Å². The van der Waals surface area contributed by atoms with Gasteiger partial charge in [0.05, 0.1) is 6.61 Å². The maximum absolute atomic E-state index is 10.9. The molecule has 1 saturated heterocycles. The zero-order valence-corrected chi connectivity index (χ0v) is 15.3. The molecule has 2 aliphatic rings. The van der Waals surface area contributed by atoms with Gasteiger partial charge in [0, 0.05) is 20.0 Å². The molecule has 0 spiro atoms. The van der Waals surface area contributed by atoms with Crippen molar-refractivity contribution in [2.75, 3.05) is 18.7 Å². The van der Waals surface area contributed by atoms with E-state index in [4.69, 9.17) is 14.5 Å². The maximum Gasteiger partial charge on any atom is 0.469 e. The number of aliphatic hydroxyl groups excluding tert-OH is 2. The SMILES string of the molecule is CC1=NN(C)c2ccnc3c2n1c[n+]3[C@@H]1OC(COP(=O)(O)O)[C@@H](O)C1O. The standard InChI is InChI=1S/C14H18N5O7P/c1-7-16-17(2)8-3-4-15-13-10(8)18(7)6-19(13)14-12(21)11(20)9(26-14)5-25-27(22,23)24/h3-4,6,9,11-12,14,20-21H,5H2,1-2H3,(H-,22,23,24)/p+1/t9?,11-,12?,14-/m1/s1. The first-order valence-corrected chi connectivity index (χ1v) is 9.62. The van der Waals surface area contributed by atoms with Crippen molar-refractivity contribution in [1.29, 1.82) is 0 Å². The lowest BCUT2D eigenvalue weighted by molar-refractivity contribution is -0.745. The van der Waals surface area contributed by atoms with Gasteiger partial charge >= 0.3 is 13.5 Å². The number of nitrogens with zero attached hydrogens (tertiary/aromatic N) is 5. The molecule has 1 fully saturated rings. The lowest BCUT2D eigenvalue weighted by Crippen LogP contribution is -2.46. The summed E-state index contributed by atoms with van der Waals surface area (Å²) in [7, 11) is -2.92. The topological polar surface area (TPSA) is 154 Å². The number of anilines is 1. The summed E-state index contributed by atoms with van der Waals surface area (Å²) in [6.07, 6.45) is -1.63. The number of rotatable bonds is 4. The summed E-state index contributed by atoms with van der Waals surface area (Å²) in [5.74, 6) is 0.677. The highest BCUT2D eigenvalue weighted by molar-refractivity contribution is 7.46. The fraction of sp³-hybridized carbons (Fsp3) is 0.500. The Morgan fingerprint density at radius 1 is 1.37 bits per heavy atom. The van der Waals surface area contributed by atoms with Crippen LogP contribution in [-0.2, 0) is 13.8 Å². The van der Waals surface area contributed by atoms with Crippen LogP contribution in [0.5, 0.6) is 0 Å². The number of imidazole rings is 1. The smallest absolute Gasteiger partial charge is 0.387 e. The number of hydrogen-bond acceptors (Lipinski definition) is 8. The summed E-state index contributed by atoms with van der Waals surface area (Å²) >= 11 is 0. The van der Waals surface area contributed by atoms with Gasteiger partial charge in [0.25, 0.3) is 0 Å². The van der Waals surface area contributed by atoms with E-state index in [0.29, 0.717) is 11.5 Å². The lowest BCUT2D eigenvalue weighted by Gasteiger charge is -2.17. The van der Waals surface area contributed by atoms with Crippen LogP contribution < -0.4 is 9.58 Å². The second-order valence-electron chi connectivity index (χ2n) is 6.40. The molecule has 27 heavy (non-hydrogen) atoms. The Balaban J connectivity index is 1.72. The van der Waals surface area contributed by atoms with Crippen LogP contribution in [-0.4, -0.2) is 67.4 Å². The van der Waals surface area contributed by atoms with Crippen molar-refractivity contribution in [2.24, 2.45) is 5.10 Å². The van der Waals surface area contributed by atoms with E-state index in [0.717, 1.165) is 11.2 Å². The Morgan fingerprint density at radius 2 is 2.11 bits per heavy atom. The van der Waals surface area contributed by atoms with Crippen LogP contribution in [0.3, 0.4) is 0 Å². The summed E-state index contributed by atoms with van der Waals surface area (Å²) in [6, 6.07) is 1.80. The molecule has 2 aliphatic heterocycles. The first-order chi connectivity index (χ1) is 12.7. The molecule has 2 unspecified atom stereocenters. The largest absolute Gasteiger partial charge is 0.469 e. The molecule has 0 radical (unpaired) electrons. The minimum atomic E-state index is -4.73. The molecule has 4 heterocycles. The molecule has 4 atom stereocenters. The summed E-state index contributed by atoms with van der Waals surface area (Å²) in [5.41, 5.74) is 2.06. The first kappa shape index (κ1) is 18.4. The van der Waals surface area contributed by atoms with E-state index in [1.54, 1.807) is 39.8 Å². The van der Waals surface area contributed by atoms with Gasteiger partial charge in [-0.1, -0.05) is 0 Å². The third-order valence-corrected chi connectivity index (χ3v) is 5.10. The summed E-state index contributed by atoms with van der Waals surface area (Å²) < 4.78 is 24.3. The second-order valence-corrected chi connectivity index (χ2v) is 7.64. The van der Waals surface area contributed by atoms with Crippen molar-refractivity contribution in [3.05, 3.63) is 18.6 Å². The highest BCUT2D eigenvalue weighted by Crippen LogP contribution is 2.38. The van der Waals surface area contributed by atoms with Crippen LogP contribution in [0.2, 0.25) is 0 Å². The molecule has 2 aromatic rings. The van der Waals surface area contributed by atoms with Gasteiger partial charge in [0.15, 0.2) is 12.2 Å². The Labute approximate surface area is 153 Å². The van der Waals surface area contributed by atoms with Crippen molar-refractivity contribution in [3.8, 4) is 0 Å². The molecule has 0 bridgehead atoms. The highest BCUT2D eigenvalue weighted by atomic mass is 31.2. The third-order valence-electron chi connectivity index (χ3n) is 4.62. The van der Waals surface area contributed by atoms with Crippen LogP contribution in [0.25, 0.3) is 11.2 Å². The van der Waals surface area contributed by atoms with Gasteiger partial charge in [-0.25, -0.2) is 13.7 Å². The zero-order chi connectivity index (χ0) is 19.5. The van der Waals surface area contributed by atoms with Gasteiger partial charge in [-0.2, -0.15) is 0 Å². The van der Waals surface area contributed by atoms with Crippen molar-refractivity contribution in [1.82, 2.24) is 9.55 Å². The summed E-state index contributed by atoms with van der Waals surface area (Å²) in [4.78, 5) is 22.0. The minimum absolute atomic E-state index is 0.501. The summed E-state index contributed by atoms with van der Waals surface area (Å²) in [5, 5.41) is 26.8. The fourth-order valence-corrected chi connectivity index (χ4v) is 3.71. The highest BCUT2D eigenvalue weighted by Gasteiger charge is 2.48. The molecular weight excluding hydrogens is 381 g/mol. The number of pyridine rings is 1. The van der Waals surface area contributed by atoms with E-state index in [2.05, 4.69) is 14.6 Å². The fourth-order valence-electron chi connectivity index (χ4n) is 3.37. The van der Waals surface area contributed by atoms with E-state index in [1.807, 2.05) is 6.92 Å². The van der Waals surface area contributed by atoms with Crippen molar-refractivity contribution >= 4 is 30.5 Å². The third kappa shape index (κ3) is 3.05. The summed E-state index contributed by atoms with van der Waals surface area (Å²) in [6.45, 7) is 1.24. The van der Waals surface area contributed by atoms with E-state index in [1.165, 1.54) is 0 Å². The van der Waals surface area contributed by atoms with E-state index >= 15 is 0 Å². The zero-order valence-electron chi connectivity index (χ0n) is 14.4. The Morgan fingerprint density at radius 3 is 2.81 bits per heavy atom. The number of hydrogen-bond donors (Lipinski definition) is 4.